The highest BCUT2D eigenvalue weighted by atomic mass is 19.4. The van der Waals surface area contributed by atoms with Crippen LogP contribution in [0, 0.1) is 0 Å². The summed E-state index contributed by atoms with van der Waals surface area (Å²) in [7, 11) is 0. The number of ether oxygens (including phenoxy) is 1. The molecule has 1 atom stereocenters. The van der Waals surface area contributed by atoms with Crippen molar-refractivity contribution in [3.8, 4) is 0 Å². The maximum atomic E-state index is 12.9. The molecule has 0 bridgehead atoms. The number of aliphatic imine (C=N–C) groups is 1. The van der Waals surface area contributed by atoms with E-state index in [1.165, 1.54) is 12.1 Å². The summed E-state index contributed by atoms with van der Waals surface area (Å²) >= 11 is 0. The van der Waals surface area contributed by atoms with E-state index < -0.39 is 17.8 Å². The summed E-state index contributed by atoms with van der Waals surface area (Å²) < 4.78 is 44.0. The van der Waals surface area contributed by atoms with Crippen molar-refractivity contribution in [2.75, 3.05) is 13.2 Å². The van der Waals surface area contributed by atoms with Crippen LogP contribution in [0.25, 0.3) is 0 Å². The second kappa shape index (κ2) is 5.61. The maximum absolute atomic E-state index is 12.9. The van der Waals surface area contributed by atoms with Crippen molar-refractivity contribution < 1.29 is 17.9 Å². The first-order valence-corrected chi connectivity index (χ1v) is 6.08. The fourth-order valence-corrected chi connectivity index (χ4v) is 2.02. The van der Waals surface area contributed by atoms with Gasteiger partial charge in [-0.3, -0.25) is 0 Å². The van der Waals surface area contributed by atoms with E-state index in [1.807, 2.05) is 0 Å². The van der Waals surface area contributed by atoms with Crippen molar-refractivity contribution in [3.63, 3.8) is 0 Å². The van der Waals surface area contributed by atoms with Crippen LogP contribution in [0.2, 0.25) is 0 Å². The lowest BCUT2D eigenvalue weighted by Gasteiger charge is -2.14. The molecule has 1 aliphatic heterocycles. The van der Waals surface area contributed by atoms with Gasteiger partial charge in [-0.2, -0.15) is 13.2 Å². The standard InChI is InChI=1S/C13H15F3N2O/c14-13(15,16)10-5-2-1-4-9(10)11-8-19-12(18-11)6-3-7-17/h1-2,4-5,11H,3,6-8,17H2. The monoisotopic (exact) mass is 272 g/mol. The molecule has 0 spiro atoms. The van der Waals surface area contributed by atoms with Gasteiger partial charge in [-0.1, -0.05) is 18.2 Å². The van der Waals surface area contributed by atoms with Crippen molar-refractivity contribution in [2.45, 2.75) is 25.1 Å². The minimum atomic E-state index is -4.37. The molecular weight excluding hydrogens is 257 g/mol. The number of nitrogens with zero attached hydrogens (tertiary/aromatic N) is 1. The zero-order chi connectivity index (χ0) is 13.9. The summed E-state index contributed by atoms with van der Waals surface area (Å²) in [6.45, 7) is 0.666. The highest BCUT2D eigenvalue weighted by Crippen LogP contribution is 2.37. The lowest BCUT2D eigenvalue weighted by Crippen LogP contribution is -2.11. The summed E-state index contributed by atoms with van der Waals surface area (Å²) in [4.78, 5) is 4.21. The normalized spacial score (nSPS) is 19.2. The molecule has 1 aliphatic rings. The first-order chi connectivity index (χ1) is 9.02. The number of halogens is 3. The Morgan fingerprint density at radius 1 is 1.32 bits per heavy atom. The van der Waals surface area contributed by atoms with Crippen LogP contribution in [-0.4, -0.2) is 19.0 Å². The van der Waals surface area contributed by atoms with Crippen LogP contribution in [0.4, 0.5) is 13.2 Å². The molecule has 1 unspecified atom stereocenters. The quantitative estimate of drug-likeness (QED) is 0.916. The largest absolute Gasteiger partial charge is 0.478 e. The van der Waals surface area contributed by atoms with Gasteiger partial charge in [0, 0.05) is 6.42 Å². The van der Waals surface area contributed by atoms with Gasteiger partial charge < -0.3 is 10.5 Å². The molecule has 0 radical (unpaired) electrons. The summed E-state index contributed by atoms with van der Waals surface area (Å²) in [6, 6.07) is 4.90. The molecule has 1 aromatic carbocycles. The number of nitrogens with two attached hydrogens (primary N) is 1. The number of alkyl halides is 3. The van der Waals surface area contributed by atoms with Crippen molar-refractivity contribution in [2.24, 2.45) is 10.7 Å². The van der Waals surface area contributed by atoms with E-state index in [9.17, 15) is 13.2 Å². The third-order valence-corrected chi connectivity index (χ3v) is 2.93. The van der Waals surface area contributed by atoms with Crippen LogP contribution >= 0.6 is 0 Å². The average Bonchev–Trinajstić information content (AvgIpc) is 2.84. The second-order valence-electron chi connectivity index (χ2n) is 4.33. The highest BCUT2D eigenvalue weighted by Gasteiger charge is 2.36. The van der Waals surface area contributed by atoms with E-state index >= 15 is 0 Å². The molecule has 3 nitrogen and oxygen atoms in total. The molecule has 2 rings (SSSR count). The van der Waals surface area contributed by atoms with Gasteiger partial charge in [0.05, 0.1) is 5.56 Å². The second-order valence-corrected chi connectivity index (χ2v) is 4.33. The van der Waals surface area contributed by atoms with Crippen molar-refractivity contribution in [3.05, 3.63) is 35.4 Å². The van der Waals surface area contributed by atoms with Gasteiger partial charge in [0.25, 0.3) is 0 Å². The van der Waals surface area contributed by atoms with Gasteiger partial charge >= 0.3 is 6.18 Å². The molecule has 104 valence electrons. The minimum Gasteiger partial charge on any atom is -0.478 e. The Balaban J connectivity index is 2.22. The van der Waals surface area contributed by atoms with Crippen LogP contribution in [0.5, 0.6) is 0 Å². The Morgan fingerprint density at radius 3 is 2.74 bits per heavy atom. The van der Waals surface area contributed by atoms with Crippen LogP contribution in [0.1, 0.15) is 30.0 Å². The Morgan fingerprint density at radius 2 is 2.05 bits per heavy atom. The van der Waals surface area contributed by atoms with E-state index in [-0.39, 0.29) is 12.2 Å². The third kappa shape index (κ3) is 3.26. The van der Waals surface area contributed by atoms with Crippen molar-refractivity contribution in [1.82, 2.24) is 0 Å². The molecule has 0 aliphatic carbocycles. The van der Waals surface area contributed by atoms with E-state index in [0.29, 0.717) is 25.3 Å². The number of benzene rings is 1. The van der Waals surface area contributed by atoms with Gasteiger partial charge in [-0.15, -0.1) is 0 Å². The molecule has 0 fully saturated rings. The van der Waals surface area contributed by atoms with Crippen molar-refractivity contribution in [1.29, 1.82) is 0 Å². The Bertz CT molecular complexity index is 471. The van der Waals surface area contributed by atoms with Crippen LogP contribution in [0.15, 0.2) is 29.3 Å². The van der Waals surface area contributed by atoms with Crippen molar-refractivity contribution >= 4 is 5.90 Å². The SMILES string of the molecule is NCCCC1=NC(c2ccccc2C(F)(F)F)CO1. The first kappa shape index (κ1) is 13.9. The van der Waals surface area contributed by atoms with E-state index in [4.69, 9.17) is 10.5 Å². The molecule has 1 heterocycles. The van der Waals surface area contributed by atoms with Gasteiger partial charge in [0.1, 0.15) is 12.6 Å². The van der Waals surface area contributed by atoms with Gasteiger partial charge in [0.15, 0.2) is 5.90 Å². The lowest BCUT2D eigenvalue weighted by atomic mass is 10.0. The molecule has 6 heteroatoms. The molecule has 0 saturated carbocycles. The average molecular weight is 272 g/mol. The molecular formula is C13H15F3N2O. The zero-order valence-electron chi connectivity index (χ0n) is 10.3. The predicted molar refractivity (Wildman–Crippen MR) is 65.9 cm³/mol. The maximum Gasteiger partial charge on any atom is 0.416 e. The smallest absolute Gasteiger partial charge is 0.416 e. The minimum absolute atomic E-state index is 0.160. The fourth-order valence-electron chi connectivity index (χ4n) is 2.02. The van der Waals surface area contributed by atoms with Gasteiger partial charge in [-0.05, 0) is 24.6 Å². The van der Waals surface area contributed by atoms with Crippen LogP contribution in [-0.2, 0) is 10.9 Å². The lowest BCUT2D eigenvalue weighted by molar-refractivity contribution is -0.138. The molecule has 1 aromatic rings. The van der Waals surface area contributed by atoms with Gasteiger partial charge in [0.2, 0.25) is 0 Å². The van der Waals surface area contributed by atoms with Crippen LogP contribution < -0.4 is 5.73 Å². The van der Waals surface area contributed by atoms with E-state index in [0.717, 1.165) is 6.07 Å². The number of hydrogen-bond donors (Lipinski definition) is 1. The summed E-state index contributed by atoms with van der Waals surface area (Å²) in [6.07, 6.45) is -3.08. The van der Waals surface area contributed by atoms with E-state index in [1.54, 1.807) is 6.07 Å². The summed E-state index contributed by atoms with van der Waals surface area (Å²) in [5.41, 5.74) is 4.89. The zero-order valence-corrected chi connectivity index (χ0v) is 10.3. The summed E-state index contributed by atoms with van der Waals surface area (Å²) in [5.74, 6) is 0.493. The number of rotatable bonds is 4. The Hall–Kier alpha value is -1.56. The first-order valence-electron chi connectivity index (χ1n) is 6.08. The molecule has 0 amide bonds. The topological polar surface area (TPSA) is 47.6 Å². The Labute approximate surface area is 109 Å². The molecule has 0 aromatic heterocycles. The molecule has 19 heavy (non-hydrogen) atoms. The third-order valence-electron chi connectivity index (χ3n) is 2.93. The van der Waals surface area contributed by atoms with Gasteiger partial charge in [-0.25, -0.2) is 4.99 Å². The fraction of sp³-hybridized carbons (Fsp3) is 0.462. The predicted octanol–water partition coefficient (Wildman–Crippen LogP) is 2.91. The van der Waals surface area contributed by atoms with Crippen LogP contribution in [0.3, 0.4) is 0 Å². The molecule has 2 N–H and O–H groups in total. The Kier molecular flexibility index (Phi) is 4.09. The summed E-state index contributed by atoms with van der Waals surface area (Å²) in [5, 5.41) is 0. The number of hydrogen-bond acceptors (Lipinski definition) is 3. The molecule has 0 saturated heterocycles. The highest BCUT2D eigenvalue weighted by molar-refractivity contribution is 5.77. The van der Waals surface area contributed by atoms with E-state index in [2.05, 4.69) is 4.99 Å².